The topological polar surface area (TPSA) is 67.2 Å². The highest BCUT2D eigenvalue weighted by atomic mass is 35.5. The molecule has 0 heterocycles. The molecule has 0 aromatic heterocycles. The van der Waals surface area contributed by atoms with Gasteiger partial charge in [-0.3, -0.25) is 4.79 Å². The number of rotatable bonds is 6. The van der Waals surface area contributed by atoms with Gasteiger partial charge in [0, 0.05) is 22.8 Å². The summed E-state index contributed by atoms with van der Waals surface area (Å²) in [4.78, 5) is 11.9. The molecule has 104 valence electrons. The van der Waals surface area contributed by atoms with Gasteiger partial charge in [0.1, 0.15) is 4.99 Å². The van der Waals surface area contributed by atoms with Gasteiger partial charge in [0.2, 0.25) is 5.91 Å². The average Bonchev–Trinajstić information content (AvgIpc) is 2.33. The van der Waals surface area contributed by atoms with E-state index in [1.807, 2.05) is 13.8 Å². The highest BCUT2D eigenvalue weighted by Gasteiger charge is 2.08. The third-order valence-electron chi connectivity index (χ3n) is 2.39. The zero-order valence-corrected chi connectivity index (χ0v) is 12.6. The Hall–Kier alpha value is -1.33. The molecule has 4 nitrogen and oxygen atoms in total. The number of anilines is 1. The Morgan fingerprint density at radius 2 is 2.16 bits per heavy atom. The Bertz CT molecular complexity index is 477. The van der Waals surface area contributed by atoms with Crippen molar-refractivity contribution in [3.8, 4) is 0 Å². The molecule has 1 amide bonds. The molecule has 4 N–H and O–H groups in total. The smallest absolute Gasteiger partial charge is 0.239 e. The molecule has 19 heavy (non-hydrogen) atoms. The Kier molecular flexibility index (Phi) is 6.05. The second-order valence-corrected chi connectivity index (χ2v) is 5.48. The second-order valence-electron chi connectivity index (χ2n) is 4.61. The van der Waals surface area contributed by atoms with Gasteiger partial charge in [-0.1, -0.05) is 37.7 Å². The van der Waals surface area contributed by atoms with Crippen molar-refractivity contribution in [3.63, 3.8) is 0 Å². The Balaban J connectivity index is 2.64. The van der Waals surface area contributed by atoms with E-state index in [4.69, 9.17) is 29.6 Å². The summed E-state index contributed by atoms with van der Waals surface area (Å²) in [5.74, 6) is 0.338. The monoisotopic (exact) mass is 299 g/mol. The number of benzene rings is 1. The van der Waals surface area contributed by atoms with E-state index in [0.29, 0.717) is 28.7 Å². The number of hydrogen-bond acceptors (Lipinski definition) is 3. The third-order valence-corrected chi connectivity index (χ3v) is 2.85. The number of halogens is 1. The molecule has 0 fully saturated rings. The molecule has 0 bridgehead atoms. The molecule has 0 aliphatic rings. The van der Waals surface area contributed by atoms with Crippen LogP contribution in [0.1, 0.15) is 19.4 Å². The molecular formula is C13H18ClN3OS. The van der Waals surface area contributed by atoms with Crippen LogP contribution in [0.3, 0.4) is 0 Å². The van der Waals surface area contributed by atoms with Gasteiger partial charge >= 0.3 is 0 Å². The Labute approximate surface area is 123 Å². The van der Waals surface area contributed by atoms with Crippen LogP contribution in [0.2, 0.25) is 5.02 Å². The van der Waals surface area contributed by atoms with E-state index in [9.17, 15) is 4.79 Å². The van der Waals surface area contributed by atoms with Gasteiger partial charge in [0.05, 0.1) is 6.54 Å². The largest absolute Gasteiger partial charge is 0.389 e. The maximum Gasteiger partial charge on any atom is 0.239 e. The number of thiocarbonyl (C=S) groups is 1. The van der Waals surface area contributed by atoms with Crippen LogP contribution in [0.5, 0.6) is 0 Å². The Morgan fingerprint density at radius 3 is 2.74 bits per heavy atom. The Morgan fingerprint density at radius 1 is 1.47 bits per heavy atom. The fourth-order valence-electron chi connectivity index (χ4n) is 1.43. The van der Waals surface area contributed by atoms with Crippen molar-refractivity contribution < 1.29 is 4.79 Å². The first-order valence-corrected chi connectivity index (χ1v) is 6.78. The van der Waals surface area contributed by atoms with Crippen LogP contribution in [0.4, 0.5) is 5.69 Å². The zero-order chi connectivity index (χ0) is 14.4. The summed E-state index contributed by atoms with van der Waals surface area (Å²) >= 11 is 10.9. The summed E-state index contributed by atoms with van der Waals surface area (Å²) in [6, 6.07) is 5.14. The quantitative estimate of drug-likeness (QED) is 0.704. The number of nitrogens with one attached hydrogen (secondary N) is 2. The summed E-state index contributed by atoms with van der Waals surface area (Å²) in [5, 5.41) is 6.37. The minimum absolute atomic E-state index is 0.0810. The minimum Gasteiger partial charge on any atom is -0.389 e. The lowest BCUT2D eigenvalue weighted by molar-refractivity contribution is -0.119. The number of carbonyl (C=O) groups excluding carboxylic acids is 1. The molecular weight excluding hydrogens is 282 g/mol. The molecule has 0 spiro atoms. The summed E-state index contributed by atoms with van der Waals surface area (Å²) in [7, 11) is 0. The zero-order valence-electron chi connectivity index (χ0n) is 11.0. The predicted octanol–water partition coefficient (Wildman–Crippen LogP) is 2.16. The van der Waals surface area contributed by atoms with Gasteiger partial charge in [0.15, 0.2) is 0 Å². The molecule has 0 radical (unpaired) electrons. The summed E-state index contributed by atoms with van der Waals surface area (Å²) < 4.78 is 0. The first-order valence-electron chi connectivity index (χ1n) is 6.00. The normalized spacial score (nSPS) is 10.3. The predicted molar refractivity (Wildman–Crippen MR) is 83.7 cm³/mol. The van der Waals surface area contributed by atoms with Gasteiger partial charge in [-0.2, -0.15) is 0 Å². The molecule has 1 aromatic carbocycles. The maximum atomic E-state index is 11.6. The maximum absolute atomic E-state index is 11.6. The SMILES string of the molecule is CC(C)CNC(=O)CNc1cc(Cl)ccc1C(N)=S. The second kappa shape index (κ2) is 7.31. The van der Waals surface area contributed by atoms with Crippen LogP contribution in [-0.4, -0.2) is 24.0 Å². The third kappa shape index (κ3) is 5.44. The van der Waals surface area contributed by atoms with Crippen molar-refractivity contribution in [1.29, 1.82) is 0 Å². The summed E-state index contributed by atoms with van der Waals surface area (Å²) in [6.45, 7) is 4.88. The van der Waals surface area contributed by atoms with E-state index in [2.05, 4.69) is 10.6 Å². The molecule has 0 aliphatic carbocycles. The number of carbonyl (C=O) groups is 1. The standard InChI is InChI=1S/C13H18ClN3OS/c1-8(2)6-17-12(18)7-16-11-5-9(14)3-4-10(11)13(15)19/h3-5,8,16H,6-7H2,1-2H3,(H2,15,19)(H,17,18). The molecule has 1 aromatic rings. The summed E-state index contributed by atoms with van der Waals surface area (Å²) in [5.41, 5.74) is 6.96. The lowest BCUT2D eigenvalue weighted by Gasteiger charge is -2.12. The van der Waals surface area contributed by atoms with Crippen LogP contribution in [0.25, 0.3) is 0 Å². The van der Waals surface area contributed by atoms with E-state index >= 15 is 0 Å². The van der Waals surface area contributed by atoms with Gasteiger partial charge < -0.3 is 16.4 Å². The van der Waals surface area contributed by atoms with E-state index in [0.717, 1.165) is 0 Å². The van der Waals surface area contributed by atoms with Crippen LogP contribution in [0, 0.1) is 5.92 Å². The lowest BCUT2D eigenvalue weighted by atomic mass is 10.1. The van der Waals surface area contributed by atoms with Crippen molar-refractivity contribution in [2.45, 2.75) is 13.8 Å². The molecule has 0 aliphatic heterocycles. The molecule has 0 saturated carbocycles. The van der Waals surface area contributed by atoms with Crippen LogP contribution in [-0.2, 0) is 4.79 Å². The molecule has 6 heteroatoms. The van der Waals surface area contributed by atoms with Crippen molar-refractivity contribution in [2.24, 2.45) is 11.7 Å². The fraction of sp³-hybridized carbons (Fsp3) is 0.385. The van der Waals surface area contributed by atoms with Crippen molar-refractivity contribution in [1.82, 2.24) is 5.32 Å². The first-order chi connectivity index (χ1) is 8.90. The van der Waals surface area contributed by atoms with Crippen LogP contribution < -0.4 is 16.4 Å². The first kappa shape index (κ1) is 15.7. The summed E-state index contributed by atoms with van der Waals surface area (Å²) in [6.07, 6.45) is 0. The van der Waals surface area contributed by atoms with E-state index in [1.54, 1.807) is 18.2 Å². The van der Waals surface area contributed by atoms with E-state index in [-0.39, 0.29) is 17.4 Å². The van der Waals surface area contributed by atoms with Gasteiger partial charge in [-0.15, -0.1) is 0 Å². The molecule has 1 rings (SSSR count). The van der Waals surface area contributed by atoms with Crippen molar-refractivity contribution >= 4 is 40.4 Å². The molecule has 0 saturated heterocycles. The highest BCUT2D eigenvalue weighted by molar-refractivity contribution is 7.80. The highest BCUT2D eigenvalue weighted by Crippen LogP contribution is 2.20. The van der Waals surface area contributed by atoms with Crippen LogP contribution >= 0.6 is 23.8 Å². The van der Waals surface area contributed by atoms with E-state index in [1.165, 1.54) is 0 Å². The average molecular weight is 300 g/mol. The number of nitrogens with two attached hydrogens (primary N) is 1. The number of hydrogen-bond donors (Lipinski definition) is 3. The van der Waals surface area contributed by atoms with E-state index < -0.39 is 0 Å². The molecule has 0 unspecified atom stereocenters. The number of amides is 1. The fourth-order valence-corrected chi connectivity index (χ4v) is 1.78. The van der Waals surface area contributed by atoms with Crippen molar-refractivity contribution in [3.05, 3.63) is 28.8 Å². The van der Waals surface area contributed by atoms with Gasteiger partial charge in [0.25, 0.3) is 0 Å². The van der Waals surface area contributed by atoms with Crippen LogP contribution in [0.15, 0.2) is 18.2 Å². The molecule has 0 atom stereocenters. The van der Waals surface area contributed by atoms with Gasteiger partial charge in [-0.25, -0.2) is 0 Å². The minimum atomic E-state index is -0.0810. The van der Waals surface area contributed by atoms with Gasteiger partial charge in [-0.05, 0) is 24.1 Å². The lowest BCUT2D eigenvalue weighted by Crippen LogP contribution is -2.32. The van der Waals surface area contributed by atoms with Crippen molar-refractivity contribution in [2.75, 3.05) is 18.4 Å².